The number of halogens is 3. The zero-order valence-corrected chi connectivity index (χ0v) is 23.7. The molecule has 9 nitrogen and oxygen atoms in total. The van der Waals surface area contributed by atoms with Gasteiger partial charge in [0.2, 0.25) is 0 Å². The van der Waals surface area contributed by atoms with E-state index in [1.807, 2.05) is 24.3 Å². The van der Waals surface area contributed by atoms with E-state index in [-0.39, 0.29) is 18.0 Å². The lowest BCUT2D eigenvalue weighted by molar-refractivity contribution is -0.166. The minimum absolute atomic E-state index is 0.0141. The zero-order chi connectivity index (χ0) is 29.7. The van der Waals surface area contributed by atoms with Crippen LogP contribution in [0, 0.1) is 0 Å². The van der Waals surface area contributed by atoms with Crippen molar-refractivity contribution in [2.45, 2.75) is 50.9 Å². The zero-order valence-electron chi connectivity index (χ0n) is 23.7. The van der Waals surface area contributed by atoms with Crippen LogP contribution in [0.2, 0.25) is 0 Å². The summed E-state index contributed by atoms with van der Waals surface area (Å²) >= 11 is 0. The third kappa shape index (κ3) is 6.53. The Labute approximate surface area is 241 Å². The third-order valence-corrected chi connectivity index (χ3v) is 7.47. The highest BCUT2D eigenvalue weighted by Crippen LogP contribution is 2.52. The summed E-state index contributed by atoms with van der Waals surface area (Å²) in [6.45, 7) is 5.51. The van der Waals surface area contributed by atoms with Gasteiger partial charge in [0.05, 0.1) is 12.5 Å². The molecule has 4 aromatic rings. The van der Waals surface area contributed by atoms with Crippen LogP contribution in [0.25, 0.3) is 21.9 Å². The van der Waals surface area contributed by atoms with Crippen LogP contribution in [0.5, 0.6) is 0 Å². The normalized spacial score (nSPS) is 16.2. The summed E-state index contributed by atoms with van der Waals surface area (Å²) in [5.41, 5.74) is -0.0806. The number of piperidine rings is 1. The summed E-state index contributed by atoms with van der Waals surface area (Å²) in [7, 11) is 1.35. The van der Waals surface area contributed by atoms with E-state index in [0.717, 1.165) is 41.6 Å². The molecule has 222 valence electrons. The van der Waals surface area contributed by atoms with E-state index < -0.39 is 11.8 Å². The molecule has 0 amide bonds. The fraction of sp³-hybridized carbons (Fsp3) is 0.433. The molecule has 0 atom stereocenters. The summed E-state index contributed by atoms with van der Waals surface area (Å²) in [6, 6.07) is 14.3. The fourth-order valence-corrected chi connectivity index (χ4v) is 5.21. The molecule has 2 aliphatic rings. The molecule has 0 unspecified atom stereocenters. The van der Waals surface area contributed by atoms with Crippen molar-refractivity contribution in [2.75, 3.05) is 38.6 Å². The van der Waals surface area contributed by atoms with Gasteiger partial charge in [0.15, 0.2) is 0 Å². The maximum atomic E-state index is 13.5. The number of esters is 1. The Hall–Kier alpha value is -4.06. The first-order valence-corrected chi connectivity index (χ1v) is 14.1. The number of aromatic nitrogens is 3. The average molecular weight is 582 g/mol. The summed E-state index contributed by atoms with van der Waals surface area (Å²) in [6.07, 6.45) is 0.586. The van der Waals surface area contributed by atoms with Gasteiger partial charge in [-0.15, -0.1) is 10.2 Å². The summed E-state index contributed by atoms with van der Waals surface area (Å²) in [5, 5.41) is 12.1. The minimum Gasteiger partial charge on any atom is -0.469 e. The molecular formula is C30H34F3N7O2. The molecule has 2 aromatic carbocycles. The number of H-pyrrole nitrogens is 1. The maximum absolute atomic E-state index is 13.5. The highest BCUT2D eigenvalue weighted by Gasteiger charge is 2.65. The van der Waals surface area contributed by atoms with Gasteiger partial charge < -0.3 is 19.9 Å². The van der Waals surface area contributed by atoms with Gasteiger partial charge in [0.25, 0.3) is 0 Å². The molecule has 1 fully saturated rings. The monoisotopic (exact) mass is 581 g/mol. The van der Waals surface area contributed by atoms with Crippen LogP contribution < -0.4 is 5.32 Å². The topological polar surface area (TPSA) is 108 Å². The number of aromatic amines is 1. The summed E-state index contributed by atoms with van der Waals surface area (Å²) < 4.78 is 44.6. The van der Waals surface area contributed by atoms with Gasteiger partial charge in [-0.1, -0.05) is 48.9 Å². The van der Waals surface area contributed by atoms with Gasteiger partial charge in [-0.05, 0) is 50.5 Å². The minimum atomic E-state index is -4.56. The van der Waals surface area contributed by atoms with Crippen molar-refractivity contribution in [1.82, 2.24) is 19.9 Å². The molecule has 4 heterocycles. The highest BCUT2D eigenvalue weighted by atomic mass is 19.4. The number of rotatable bonds is 8. The molecule has 2 N–H and O–H groups in total. The van der Waals surface area contributed by atoms with Gasteiger partial charge in [0.1, 0.15) is 17.3 Å². The molecule has 0 aliphatic carbocycles. The lowest BCUT2D eigenvalue weighted by Gasteiger charge is -2.26. The number of hydrogen-bond acceptors (Lipinski definition) is 8. The second-order valence-electron chi connectivity index (χ2n) is 10.5. The maximum Gasteiger partial charge on any atom is 0.442 e. The molecule has 0 spiro atoms. The van der Waals surface area contributed by atoms with Crippen molar-refractivity contribution in [1.29, 1.82) is 0 Å². The van der Waals surface area contributed by atoms with E-state index in [1.165, 1.54) is 58.5 Å². The van der Waals surface area contributed by atoms with E-state index in [9.17, 15) is 18.0 Å². The van der Waals surface area contributed by atoms with E-state index in [2.05, 4.69) is 30.2 Å². The van der Waals surface area contributed by atoms with Crippen molar-refractivity contribution in [3.05, 3.63) is 65.5 Å². The largest absolute Gasteiger partial charge is 0.469 e. The molecule has 0 bridgehead atoms. The van der Waals surface area contributed by atoms with Crippen LogP contribution >= 0.6 is 0 Å². The van der Waals surface area contributed by atoms with E-state index in [0.29, 0.717) is 17.0 Å². The molecule has 0 saturated carbocycles. The molecule has 0 radical (unpaired) electrons. The quantitative estimate of drug-likeness (QED) is 0.186. The van der Waals surface area contributed by atoms with Crippen LogP contribution in [0.15, 0.2) is 58.8 Å². The summed E-state index contributed by atoms with van der Waals surface area (Å²) in [5.74, 6) is 1.02. The van der Waals surface area contributed by atoms with Crippen molar-refractivity contribution in [3.8, 4) is 0 Å². The number of benzene rings is 2. The van der Waals surface area contributed by atoms with E-state index >= 15 is 0 Å². The van der Waals surface area contributed by atoms with Crippen molar-refractivity contribution in [3.63, 3.8) is 0 Å². The number of likely N-dealkylation sites (tertiary alicyclic amines) is 1. The van der Waals surface area contributed by atoms with Crippen LogP contribution in [-0.2, 0) is 21.6 Å². The molecule has 12 heteroatoms. The number of fused-ring (bicyclic) bond motifs is 3. The van der Waals surface area contributed by atoms with Gasteiger partial charge in [-0.25, -0.2) is 9.97 Å². The van der Waals surface area contributed by atoms with Crippen LogP contribution in [-0.4, -0.2) is 65.3 Å². The Morgan fingerprint density at radius 2 is 1.81 bits per heavy atom. The second kappa shape index (κ2) is 12.4. The SMILES string of the molecule is COC(C)=O.FC(F)(F)C1(c2cccc(Cc3nc(NCCCN4CCCCC4)c4c(n3)[nH]c3ccccc34)c2)N=N1. The number of carbonyl (C=O) groups excluding carboxylic acids is 1. The highest BCUT2D eigenvalue weighted by molar-refractivity contribution is 6.11. The summed E-state index contributed by atoms with van der Waals surface area (Å²) in [4.78, 5) is 25.1. The number of para-hydroxylation sites is 1. The number of alkyl halides is 3. The third-order valence-electron chi connectivity index (χ3n) is 7.47. The number of carbonyl (C=O) groups is 1. The van der Waals surface area contributed by atoms with Gasteiger partial charge in [0, 0.05) is 36.4 Å². The average Bonchev–Trinajstić information content (AvgIpc) is 3.72. The molecule has 2 aliphatic heterocycles. The molecule has 6 rings (SSSR count). The Kier molecular flexibility index (Phi) is 8.72. The Morgan fingerprint density at radius 1 is 1.07 bits per heavy atom. The van der Waals surface area contributed by atoms with Crippen LogP contribution in [0.4, 0.5) is 19.0 Å². The predicted octanol–water partition coefficient (Wildman–Crippen LogP) is 6.35. The smallest absolute Gasteiger partial charge is 0.442 e. The lowest BCUT2D eigenvalue weighted by atomic mass is 9.99. The van der Waals surface area contributed by atoms with Crippen molar-refractivity contribution < 1.29 is 22.7 Å². The Morgan fingerprint density at radius 3 is 2.50 bits per heavy atom. The number of anilines is 1. The number of methoxy groups -OCH3 is 1. The Bertz CT molecular complexity index is 1570. The van der Waals surface area contributed by atoms with Gasteiger partial charge in [-0.3, -0.25) is 4.79 Å². The lowest BCUT2D eigenvalue weighted by Crippen LogP contribution is -2.31. The number of ether oxygens (including phenoxy) is 1. The van der Waals surface area contributed by atoms with E-state index in [1.54, 1.807) is 12.1 Å². The van der Waals surface area contributed by atoms with Crippen LogP contribution in [0.3, 0.4) is 0 Å². The molecule has 42 heavy (non-hydrogen) atoms. The number of nitrogens with zero attached hydrogens (tertiary/aromatic N) is 5. The first-order valence-electron chi connectivity index (χ1n) is 14.1. The number of nitrogens with one attached hydrogen (secondary N) is 2. The van der Waals surface area contributed by atoms with Crippen molar-refractivity contribution >= 4 is 33.7 Å². The fourth-order valence-electron chi connectivity index (χ4n) is 5.21. The Balaban J connectivity index is 0.000000652. The standard InChI is InChI=1S/C27H28F3N7.C3H6O2/c28-27(29,30)26(35-36-26)19-9-6-8-18(16-19)17-22-33-24(31-12-7-15-37-13-4-1-5-14-37)23-20-10-2-3-11-21(20)32-25(23)34-22;1-3(4)5-2/h2-3,6,8-11,16H,1,4-5,7,12-15,17H2,(H2,31,32,33,34);1-2H3. The molecule has 2 aromatic heterocycles. The van der Waals surface area contributed by atoms with Gasteiger partial charge in [-0.2, -0.15) is 13.2 Å². The van der Waals surface area contributed by atoms with Gasteiger partial charge >= 0.3 is 17.8 Å². The first kappa shape index (κ1) is 29.4. The second-order valence-corrected chi connectivity index (χ2v) is 10.5. The number of hydrogen-bond donors (Lipinski definition) is 2. The first-order chi connectivity index (χ1) is 20.2. The molecular weight excluding hydrogens is 547 g/mol. The van der Waals surface area contributed by atoms with Crippen LogP contribution in [0.1, 0.15) is 49.6 Å². The van der Waals surface area contributed by atoms with E-state index in [4.69, 9.17) is 9.97 Å². The predicted molar refractivity (Wildman–Crippen MR) is 154 cm³/mol. The molecule has 1 saturated heterocycles. The van der Waals surface area contributed by atoms with Crippen molar-refractivity contribution in [2.24, 2.45) is 10.2 Å².